The monoisotopic (exact) mass is 306 g/mol. The molecule has 2 rings (SSSR count). The molecule has 0 fully saturated rings. The van der Waals surface area contributed by atoms with E-state index in [1.54, 1.807) is 13.2 Å². The summed E-state index contributed by atoms with van der Waals surface area (Å²) >= 11 is 17.8. The molecule has 0 aliphatic rings. The van der Waals surface area contributed by atoms with E-state index in [1.807, 2.05) is 6.07 Å². The van der Waals surface area contributed by atoms with Crippen LogP contribution < -0.4 is 0 Å². The fourth-order valence-electron chi connectivity index (χ4n) is 1.88. The first-order chi connectivity index (χ1) is 8.67. The standard InChI is InChI=1S/C12H13Cl3N2O/c1-18-5-4-17-11-7-9(15)8(14)6-10(11)16-12(17)2-3-13/h6-7H,2-5H2,1H3. The van der Waals surface area contributed by atoms with Gasteiger partial charge < -0.3 is 9.30 Å². The number of alkyl halides is 1. The number of nitrogens with zero attached hydrogens (tertiary/aromatic N) is 2. The van der Waals surface area contributed by atoms with E-state index in [9.17, 15) is 0 Å². The van der Waals surface area contributed by atoms with Crippen molar-refractivity contribution in [2.24, 2.45) is 0 Å². The summed E-state index contributed by atoms with van der Waals surface area (Å²) in [6.07, 6.45) is 0.704. The number of rotatable bonds is 5. The predicted octanol–water partition coefficient (Wildman–Crippen LogP) is 3.77. The van der Waals surface area contributed by atoms with Crippen molar-refractivity contribution in [3.05, 3.63) is 28.0 Å². The van der Waals surface area contributed by atoms with Crippen LogP contribution in [0.3, 0.4) is 0 Å². The van der Waals surface area contributed by atoms with Crippen LogP contribution in [0.1, 0.15) is 5.82 Å². The summed E-state index contributed by atoms with van der Waals surface area (Å²) in [4.78, 5) is 4.54. The van der Waals surface area contributed by atoms with E-state index in [2.05, 4.69) is 9.55 Å². The molecule has 1 aromatic carbocycles. The van der Waals surface area contributed by atoms with Gasteiger partial charge in [0.1, 0.15) is 5.82 Å². The van der Waals surface area contributed by atoms with E-state index in [0.717, 1.165) is 23.4 Å². The highest BCUT2D eigenvalue weighted by molar-refractivity contribution is 6.42. The van der Waals surface area contributed by atoms with Crippen molar-refractivity contribution in [2.75, 3.05) is 19.6 Å². The van der Waals surface area contributed by atoms with E-state index >= 15 is 0 Å². The molecule has 0 saturated carbocycles. The van der Waals surface area contributed by atoms with Gasteiger partial charge >= 0.3 is 0 Å². The highest BCUT2D eigenvalue weighted by atomic mass is 35.5. The first-order valence-electron chi connectivity index (χ1n) is 5.56. The summed E-state index contributed by atoms with van der Waals surface area (Å²) in [5.74, 6) is 1.45. The Morgan fingerprint density at radius 3 is 2.67 bits per heavy atom. The SMILES string of the molecule is COCCn1c(CCCl)nc2cc(Cl)c(Cl)cc21. The van der Waals surface area contributed by atoms with E-state index in [4.69, 9.17) is 39.5 Å². The molecule has 0 atom stereocenters. The third-order valence-corrected chi connectivity index (χ3v) is 3.62. The van der Waals surface area contributed by atoms with E-state index in [1.165, 1.54) is 0 Å². The second-order valence-electron chi connectivity index (χ2n) is 3.87. The lowest BCUT2D eigenvalue weighted by molar-refractivity contribution is 0.187. The van der Waals surface area contributed by atoms with Crippen molar-refractivity contribution in [3.63, 3.8) is 0 Å². The molecule has 6 heteroatoms. The van der Waals surface area contributed by atoms with Crippen LogP contribution in [0.15, 0.2) is 12.1 Å². The van der Waals surface area contributed by atoms with E-state index in [-0.39, 0.29) is 0 Å². The lowest BCUT2D eigenvalue weighted by Gasteiger charge is -2.07. The average molecular weight is 308 g/mol. The van der Waals surface area contributed by atoms with Gasteiger partial charge in [-0.15, -0.1) is 11.6 Å². The number of aryl methyl sites for hydroxylation is 1. The molecular formula is C12H13Cl3N2O. The number of ether oxygens (including phenoxy) is 1. The van der Waals surface area contributed by atoms with Crippen LogP contribution in [-0.4, -0.2) is 29.1 Å². The molecule has 0 spiro atoms. The summed E-state index contributed by atoms with van der Waals surface area (Å²) in [6, 6.07) is 3.61. The number of halogens is 3. The number of hydrogen-bond acceptors (Lipinski definition) is 2. The molecule has 0 aliphatic heterocycles. The maximum absolute atomic E-state index is 6.05. The Kier molecular flexibility index (Phi) is 4.73. The average Bonchev–Trinajstić information content (AvgIpc) is 2.65. The molecule has 1 aromatic heterocycles. The molecule has 0 saturated heterocycles. The summed E-state index contributed by atoms with van der Waals surface area (Å²) in [7, 11) is 1.67. The number of imidazole rings is 1. The van der Waals surface area contributed by atoms with Gasteiger partial charge in [0.2, 0.25) is 0 Å². The zero-order valence-corrected chi connectivity index (χ0v) is 12.2. The zero-order valence-electron chi connectivity index (χ0n) is 9.92. The molecule has 0 radical (unpaired) electrons. The lowest BCUT2D eigenvalue weighted by Crippen LogP contribution is -2.08. The summed E-state index contributed by atoms with van der Waals surface area (Å²) in [6.45, 7) is 1.33. The Labute approximate surface area is 121 Å². The molecule has 1 heterocycles. The van der Waals surface area contributed by atoms with Crippen LogP contribution in [0, 0.1) is 0 Å². The molecule has 98 valence electrons. The second-order valence-corrected chi connectivity index (χ2v) is 5.06. The van der Waals surface area contributed by atoms with Gasteiger partial charge in [0, 0.05) is 26.0 Å². The van der Waals surface area contributed by atoms with Crippen LogP contribution in [0.25, 0.3) is 11.0 Å². The van der Waals surface area contributed by atoms with Crippen LogP contribution in [0.4, 0.5) is 0 Å². The third-order valence-electron chi connectivity index (χ3n) is 2.71. The molecule has 0 amide bonds. The number of hydrogen-bond donors (Lipinski definition) is 0. The van der Waals surface area contributed by atoms with Gasteiger partial charge in [-0.1, -0.05) is 23.2 Å². The molecule has 2 aromatic rings. The highest BCUT2D eigenvalue weighted by Gasteiger charge is 2.12. The first kappa shape index (κ1) is 13.9. The third kappa shape index (κ3) is 2.75. The first-order valence-corrected chi connectivity index (χ1v) is 6.85. The summed E-state index contributed by atoms with van der Waals surface area (Å²) in [5, 5.41) is 1.04. The quantitative estimate of drug-likeness (QED) is 0.786. The van der Waals surface area contributed by atoms with Gasteiger partial charge in [0.15, 0.2) is 0 Å². The van der Waals surface area contributed by atoms with Crippen molar-refractivity contribution in [1.82, 2.24) is 9.55 Å². The van der Waals surface area contributed by atoms with Gasteiger partial charge in [-0.05, 0) is 12.1 Å². The Bertz CT molecular complexity index is 554. The van der Waals surface area contributed by atoms with E-state index in [0.29, 0.717) is 29.0 Å². The number of benzene rings is 1. The smallest absolute Gasteiger partial charge is 0.111 e. The van der Waals surface area contributed by atoms with Crippen molar-refractivity contribution >= 4 is 45.8 Å². The normalized spacial score (nSPS) is 11.3. The maximum Gasteiger partial charge on any atom is 0.111 e. The van der Waals surface area contributed by atoms with Crippen molar-refractivity contribution in [2.45, 2.75) is 13.0 Å². The minimum absolute atomic E-state index is 0.512. The fraction of sp³-hybridized carbons (Fsp3) is 0.417. The largest absolute Gasteiger partial charge is 0.383 e. The maximum atomic E-state index is 6.05. The zero-order chi connectivity index (χ0) is 13.1. The van der Waals surface area contributed by atoms with Crippen molar-refractivity contribution in [1.29, 1.82) is 0 Å². The van der Waals surface area contributed by atoms with Gasteiger partial charge in [-0.25, -0.2) is 4.98 Å². The molecular weight excluding hydrogens is 295 g/mol. The fourth-order valence-corrected chi connectivity index (χ4v) is 2.36. The molecule has 18 heavy (non-hydrogen) atoms. The van der Waals surface area contributed by atoms with Crippen molar-refractivity contribution in [3.8, 4) is 0 Å². The summed E-state index contributed by atoms with van der Waals surface area (Å²) < 4.78 is 7.18. The van der Waals surface area contributed by atoms with Crippen LogP contribution in [0.2, 0.25) is 10.0 Å². The molecule has 0 bridgehead atoms. The Morgan fingerprint density at radius 2 is 2.00 bits per heavy atom. The minimum Gasteiger partial charge on any atom is -0.383 e. The van der Waals surface area contributed by atoms with Crippen LogP contribution >= 0.6 is 34.8 Å². The molecule has 0 aliphatic carbocycles. The minimum atomic E-state index is 0.512. The van der Waals surface area contributed by atoms with E-state index < -0.39 is 0 Å². The van der Waals surface area contributed by atoms with Crippen LogP contribution in [0.5, 0.6) is 0 Å². The lowest BCUT2D eigenvalue weighted by atomic mass is 10.3. The second kappa shape index (κ2) is 6.11. The molecule has 0 N–H and O–H groups in total. The molecule has 0 unspecified atom stereocenters. The van der Waals surface area contributed by atoms with Gasteiger partial charge in [-0.2, -0.15) is 0 Å². The van der Waals surface area contributed by atoms with Crippen molar-refractivity contribution < 1.29 is 4.74 Å². The Morgan fingerprint density at radius 1 is 1.28 bits per heavy atom. The summed E-state index contributed by atoms with van der Waals surface area (Å²) in [5.41, 5.74) is 1.79. The van der Waals surface area contributed by atoms with Crippen LogP contribution in [-0.2, 0) is 17.7 Å². The highest BCUT2D eigenvalue weighted by Crippen LogP contribution is 2.28. The van der Waals surface area contributed by atoms with Gasteiger partial charge in [0.05, 0.1) is 27.7 Å². The Balaban J connectivity index is 2.53. The Hall–Kier alpha value is -0.480. The topological polar surface area (TPSA) is 27.1 Å². The van der Waals surface area contributed by atoms with Gasteiger partial charge in [0.25, 0.3) is 0 Å². The molecule has 3 nitrogen and oxygen atoms in total. The number of fused-ring (bicyclic) bond motifs is 1. The number of methoxy groups -OCH3 is 1. The predicted molar refractivity (Wildman–Crippen MR) is 76.1 cm³/mol. The number of aromatic nitrogens is 2. The van der Waals surface area contributed by atoms with Gasteiger partial charge in [-0.3, -0.25) is 0 Å².